The molecule has 0 aliphatic rings. The maximum absolute atomic E-state index is 12.2. The summed E-state index contributed by atoms with van der Waals surface area (Å²) in [5, 5.41) is 6.42. The largest absolute Gasteiger partial charge is 0.493 e. The average molecular weight is 417 g/mol. The number of rotatable bonds is 8. The number of thiazole rings is 1. The van der Waals surface area contributed by atoms with Gasteiger partial charge in [0.1, 0.15) is 5.01 Å². The zero-order valence-electron chi connectivity index (χ0n) is 15.7. The highest BCUT2D eigenvalue weighted by Crippen LogP contribution is 2.28. The summed E-state index contributed by atoms with van der Waals surface area (Å²) in [7, 11) is 3.21. The van der Waals surface area contributed by atoms with Gasteiger partial charge in [-0.2, -0.15) is 0 Å². The van der Waals surface area contributed by atoms with Gasteiger partial charge in [0, 0.05) is 22.5 Å². The van der Waals surface area contributed by atoms with E-state index < -0.39 is 0 Å². The molecular formula is C21H21ClN2O3S. The molecule has 0 aliphatic heterocycles. The third-order valence-electron chi connectivity index (χ3n) is 4.17. The monoisotopic (exact) mass is 416 g/mol. The molecular weight excluding hydrogens is 396 g/mol. The fourth-order valence-electron chi connectivity index (χ4n) is 2.72. The van der Waals surface area contributed by atoms with E-state index in [1.54, 1.807) is 14.2 Å². The molecule has 0 spiro atoms. The van der Waals surface area contributed by atoms with Crippen LogP contribution in [0.25, 0.3) is 10.6 Å². The number of ether oxygens (including phenoxy) is 2. The van der Waals surface area contributed by atoms with Crippen LogP contribution in [0.2, 0.25) is 5.02 Å². The number of halogens is 1. The number of methoxy groups -OCH3 is 2. The van der Waals surface area contributed by atoms with Crippen molar-refractivity contribution in [1.82, 2.24) is 10.3 Å². The van der Waals surface area contributed by atoms with Crippen LogP contribution in [0.15, 0.2) is 47.8 Å². The summed E-state index contributed by atoms with van der Waals surface area (Å²) in [4.78, 5) is 16.8. The van der Waals surface area contributed by atoms with E-state index in [1.165, 1.54) is 11.3 Å². The first-order chi connectivity index (χ1) is 13.6. The van der Waals surface area contributed by atoms with Gasteiger partial charge in [-0.3, -0.25) is 4.79 Å². The van der Waals surface area contributed by atoms with Crippen LogP contribution < -0.4 is 14.8 Å². The highest BCUT2D eigenvalue weighted by atomic mass is 35.5. The molecule has 1 aromatic heterocycles. The van der Waals surface area contributed by atoms with Crippen molar-refractivity contribution in [2.24, 2.45) is 0 Å². The lowest BCUT2D eigenvalue weighted by molar-refractivity contribution is -0.120. The Labute approximate surface area is 173 Å². The molecule has 0 unspecified atom stereocenters. The first-order valence-corrected chi connectivity index (χ1v) is 10.0. The molecule has 3 aromatic rings. The summed E-state index contributed by atoms with van der Waals surface area (Å²) in [6, 6.07) is 13.3. The number of nitrogens with zero attached hydrogens (tertiary/aromatic N) is 1. The Balaban J connectivity index is 1.50. The van der Waals surface area contributed by atoms with Crippen LogP contribution in [-0.4, -0.2) is 31.7 Å². The molecule has 0 saturated heterocycles. The Bertz CT molecular complexity index is 941. The lowest BCUT2D eigenvalue weighted by Crippen LogP contribution is -2.27. The Hall–Kier alpha value is -2.57. The molecule has 1 heterocycles. The van der Waals surface area contributed by atoms with Crippen molar-refractivity contribution in [3.63, 3.8) is 0 Å². The topological polar surface area (TPSA) is 60.5 Å². The van der Waals surface area contributed by atoms with Gasteiger partial charge in [0.15, 0.2) is 11.5 Å². The molecule has 1 amide bonds. The molecule has 0 aliphatic carbocycles. The van der Waals surface area contributed by atoms with Gasteiger partial charge in [0.05, 0.1) is 26.3 Å². The van der Waals surface area contributed by atoms with E-state index in [2.05, 4.69) is 10.3 Å². The number of nitrogens with one attached hydrogen (secondary N) is 1. The average Bonchev–Trinajstić information content (AvgIpc) is 3.16. The van der Waals surface area contributed by atoms with Crippen molar-refractivity contribution in [3.8, 4) is 22.1 Å². The van der Waals surface area contributed by atoms with Crippen molar-refractivity contribution in [2.45, 2.75) is 12.8 Å². The first kappa shape index (κ1) is 20.2. The Morgan fingerprint density at radius 3 is 2.57 bits per heavy atom. The van der Waals surface area contributed by atoms with Crippen LogP contribution in [0, 0.1) is 0 Å². The number of hydrogen-bond donors (Lipinski definition) is 1. The zero-order valence-corrected chi connectivity index (χ0v) is 17.3. The SMILES string of the molecule is COc1ccc(CCNC(=O)Cc2csc(-c3ccc(Cl)cc3)n2)cc1OC. The fourth-order valence-corrected chi connectivity index (χ4v) is 3.67. The quantitative estimate of drug-likeness (QED) is 0.591. The zero-order chi connectivity index (χ0) is 19.9. The second-order valence-electron chi connectivity index (χ2n) is 6.12. The number of amides is 1. The van der Waals surface area contributed by atoms with E-state index in [9.17, 15) is 4.79 Å². The van der Waals surface area contributed by atoms with Crippen molar-refractivity contribution >= 4 is 28.8 Å². The molecule has 3 rings (SSSR count). The third kappa shape index (κ3) is 5.24. The van der Waals surface area contributed by atoms with Crippen LogP contribution in [0.1, 0.15) is 11.3 Å². The maximum atomic E-state index is 12.2. The highest BCUT2D eigenvalue weighted by molar-refractivity contribution is 7.13. The van der Waals surface area contributed by atoms with E-state index in [-0.39, 0.29) is 12.3 Å². The number of hydrogen-bond acceptors (Lipinski definition) is 5. The number of benzene rings is 2. The molecule has 28 heavy (non-hydrogen) atoms. The molecule has 2 aromatic carbocycles. The minimum Gasteiger partial charge on any atom is -0.493 e. The summed E-state index contributed by atoms with van der Waals surface area (Å²) < 4.78 is 10.5. The first-order valence-electron chi connectivity index (χ1n) is 8.77. The van der Waals surface area contributed by atoms with Gasteiger partial charge in [0.25, 0.3) is 0 Å². The third-order valence-corrected chi connectivity index (χ3v) is 5.36. The lowest BCUT2D eigenvalue weighted by atomic mass is 10.1. The van der Waals surface area contributed by atoms with E-state index >= 15 is 0 Å². The van der Waals surface area contributed by atoms with Gasteiger partial charge >= 0.3 is 0 Å². The van der Waals surface area contributed by atoms with Crippen LogP contribution in [0.5, 0.6) is 11.5 Å². The molecule has 5 nitrogen and oxygen atoms in total. The summed E-state index contributed by atoms with van der Waals surface area (Å²) >= 11 is 7.43. The summed E-state index contributed by atoms with van der Waals surface area (Å²) in [5.74, 6) is 1.33. The molecule has 7 heteroatoms. The Morgan fingerprint density at radius 1 is 1.11 bits per heavy atom. The number of carbonyl (C=O) groups excluding carboxylic acids is 1. The molecule has 0 bridgehead atoms. The summed E-state index contributed by atoms with van der Waals surface area (Å²) in [6.07, 6.45) is 0.967. The predicted octanol–water partition coefficient (Wildman–Crippen LogP) is 4.38. The second kappa shape index (κ2) is 9.57. The summed E-state index contributed by atoms with van der Waals surface area (Å²) in [5.41, 5.74) is 2.82. The van der Waals surface area contributed by atoms with Crippen molar-refractivity contribution in [2.75, 3.05) is 20.8 Å². The minimum absolute atomic E-state index is 0.0477. The van der Waals surface area contributed by atoms with Gasteiger partial charge in [0.2, 0.25) is 5.91 Å². The van der Waals surface area contributed by atoms with Gasteiger partial charge in [-0.05, 0) is 36.2 Å². The smallest absolute Gasteiger partial charge is 0.226 e. The predicted molar refractivity (Wildman–Crippen MR) is 113 cm³/mol. The Kier molecular flexibility index (Phi) is 6.90. The molecule has 0 atom stereocenters. The molecule has 1 N–H and O–H groups in total. The Morgan fingerprint density at radius 2 is 1.86 bits per heavy atom. The summed E-state index contributed by atoms with van der Waals surface area (Å²) in [6.45, 7) is 0.544. The van der Waals surface area contributed by atoms with Crippen LogP contribution in [0.4, 0.5) is 0 Å². The van der Waals surface area contributed by atoms with Gasteiger partial charge in [-0.25, -0.2) is 4.98 Å². The molecule has 0 saturated carbocycles. The van der Waals surface area contributed by atoms with Gasteiger partial charge < -0.3 is 14.8 Å². The molecule has 0 radical (unpaired) electrons. The van der Waals surface area contributed by atoms with Crippen molar-refractivity contribution in [1.29, 1.82) is 0 Å². The molecule has 146 valence electrons. The minimum atomic E-state index is -0.0477. The van der Waals surface area contributed by atoms with Crippen LogP contribution in [0.3, 0.4) is 0 Å². The van der Waals surface area contributed by atoms with E-state index in [0.29, 0.717) is 29.5 Å². The van der Waals surface area contributed by atoms with Crippen molar-refractivity contribution < 1.29 is 14.3 Å². The van der Waals surface area contributed by atoms with E-state index in [0.717, 1.165) is 21.8 Å². The molecule has 0 fully saturated rings. The highest BCUT2D eigenvalue weighted by Gasteiger charge is 2.10. The van der Waals surface area contributed by atoms with E-state index in [4.69, 9.17) is 21.1 Å². The maximum Gasteiger partial charge on any atom is 0.226 e. The van der Waals surface area contributed by atoms with Crippen LogP contribution >= 0.6 is 22.9 Å². The van der Waals surface area contributed by atoms with Gasteiger partial charge in [-0.1, -0.05) is 29.8 Å². The van der Waals surface area contributed by atoms with Crippen LogP contribution in [-0.2, 0) is 17.6 Å². The standard InChI is InChI=1S/C21H21ClN2O3S/c1-26-18-8-3-14(11-19(18)27-2)9-10-23-20(25)12-17-13-28-21(24-17)15-4-6-16(22)7-5-15/h3-8,11,13H,9-10,12H2,1-2H3,(H,23,25). The number of carbonyl (C=O) groups is 1. The fraction of sp³-hybridized carbons (Fsp3) is 0.238. The van der Waals surface area contributed by atoms with E-state index in [1.807, 2.05) is 47.8 Å². The van der Waals surface area contributed by atoms with Crippen molar-refractivity contribution in [3.05, 3.63) is 64.1 Å². The number of aromatic nitrogens is 1. The van der Waals surface area contributed by atoms with Gasteiger partial charge in [-0.15, -0.1) is 11.3 Å². The normalized spacial score (nSPS) is 10.5. The second-order valence-corrected chi connectivity index (χ2v) is 7.41. The lowest BCUT2D eigenvalue weighted by Gasteiger charge is -2.10.